The van der Waals surface area contributed by atoms with Crippen molar-refractivity contribution in [2.75, 3.05) is 7.11 Å². The zero-order chi connectivity index (χ0) is 12.1. The van der Waals surface area contributed by atoms with Crippen LogP contribution in [-0.2, 0) is 14.3 Å². The highest BCUT2D eigenvalue weighted by Crippen LogP contribution is 2.22. The van der Waals surface area contributed by atoms with Gasteiger partial charge in [0.15, 0.2) is 0 Å². The molecule has 0 aliphatic carbocycles. The van der Waals surface area contributed by atoms with E-state index in [0.717, 1.165) is 11.3 Å². The Hall–Kier alpha value is -1.07. The molecule has 0 aliphatic rings. The van der Waals surface area contributed by atoms with Gasteiger partial charge in [-0.05, 0) is 19.1 Å². The van der Waals surface area contributed by atoms with Gasteiger partial charge in [0.05, 0.1) is 17.9 Å². The van der Waals surface area contributed by atoms with Crippen LogP contribution < -0.4 is 0 Å². The Bertz CT molecular complexity index is 388. The average Bonchev–Trinajstić information content (AvgIpc) is 2.64. The van der Waals surface area contributed by atoms with Gasteiger partial charge in [-0.15, -0.1) is 11.3 Å². The van der Waals surface area contributed by atoms with Crippen LogP contribution in [0.4, 0.5) is 0 Å². The van der Waals surface area contributed by atoms with E-state index in [9.17, 15) is 9.59 Å². The molecule has 0 radical (unpaired) electrons. The predicted octanol–water partition coefficient (Wildman–Crippen LogP) is 2.51. The Morgan fingerprint density at radius 1 is 1.50 bits per heavy atom. The lowest BCUT2D eigenvalue weighted by Gasteiger charge is -2.10. The first kappa shape index (κ1) is 13.0. The molecule has 88 valence electrons. The maximum atomic E-state index is 11.5. The fourth-order valence-electron chi connectivity index (χ4n) is 1.02. The third-order valence-electron chi connectivity index (χ3n) is 1.76. The van der Waals surface area contributed by atoms with E-state index >= 15 is 0 Å². The van der Waals surface area contributed by atoms with Crippen molar-refractivity contribution in [3.05, 3.63) is 21.3 Å². The third-order valence-corrected chi connectivity index (χ3v) is 2.98. The van der Waals surface area contributed by atoms with E-state index < -0.39 is 18.0 Å². The van der Waals surface area contributed by atoms with Crippen LogP contribution in [0, 0.1) is 0 Å². The summed E-state index contributed by atoms with van der Waals surface area (Å²) in [7, 11) is 1.29. The zero-order valence-corrected chi connectivity index (χ0v) is 10.4. The molecular formula is C10H11ClO4S. The quantitative estimate of drug-likeness (QED) is 0.783. The van der Waals surface area contributed by atoms with E-state index in [2.05, 4.69) is 4.74 Å². The van der Waals surface area contributed by atoms with Crippen molar-refractivity contribution in [1.29, 1.82) is 0 Å². The summed E-state index contributed by atoms with van der Waals surface area (Å²) in [6, 6.07) is 3.20. The summed E-state index contributed by atoms with van der Waals surface area (Å²) in [6.07, 6.45) is -0.470. The summed E-state index contributed by atoms with van der Waals surface area (Å²) >= 11 is 6.82. The van der Waals surface area contributed by atoms with Crippen molar-refractivity contribution in [3.8, 4) is 0 Å². The topological polar surface area (TPSA) is 52.6 Å². The fourth-order valence-corrected chi connectivity index (χ4v) is 1.95. The van der Waals surface area contributed by atoms with E-state index in [1.165, 1.54) is 7.11 Å². The molecule has 4 nitrogen and oxygen atoms in total. The van der Waals surface area contributed by atoms with Crippen LogP contribution in [0.15, 0.2) is 12.1 Å². The normalized spacial score (nSPS) is 11.9. The van der Waals surface area contributed by atoms with E-state index in [4.69, 9.17) is 16.3 Å². The molecule has 0 spiro atoms. The van der Waals surface area contributed by atoms with Crippen LogP contribution >= 0.6 is 22.9 Å². The standard InChI is InChI=1S/C10H11ClO4S/c1-6(5-9(12)14-2)15-10(13)7-3-4-8(11)16-7/h3-4,6H,5H2,1-2H3/t6-/m1/s1. The average molecular weight is 263 g/mol. The van der Waals surface area contributed by atoms with Gasteiger partial charge in [-0.2, -0.15) is 0 Å². The van der Waals surface area contributed by atoms with Gasteiger partial charge in [-0.3, -0.25) is 4.79 Å². The van der Waals surface area contributed by atoms with Gasteiger partial charge in [-0.1, -0.05) is 11.6 Å². The number of thiophene rings is 1. The van der Waals surface area contributed by atoms with Crippen LogP contribution in [-0.4, -0.2) is 25.2 Å². The van der Waals surface area contributed by atoms with Gasteiger partial charge in [0, 0.05) is 0 Å². The second-order valence-electron chi connectivity index (χ2n) is 3.10. The van der Waals surface area contributed by atoms with Gasteiger partial charge >= 0.3 is 11.9 Å². The highest BCUT2D eigenvalue weighted by Gasteiger charge is 2.16. The molecule has 0 N–H and O–H groups in total. The number of hydrogen-bond donors (Lipinski definition) is 0. The monoisotopic (exact) mass is 262 g/mol. The lowest BCUT2D eigenvalue weighted by molar-refractivity contribution is -0.142. The molecule has 1 rings (SSSR count). The SMILES string of the molecule is COC(=O)C[C@@H](C)OC(=O)c1ccc(Cl)s1. The lowest BCUT2D eigenvalue weighted by Crippen LogP contribution is -2.18. The van der Waals surface area contributed by atoms with Crippen molar-refractivity contribution < 1.29 is 19.1 Å². The van der Waals surface area contributed by atoms with Crippen LogP contribution in [0.5, 0.6) is 0 Å². The van der Waals surface area contributed by atoms with E-state index in [-0.39, 0.29) is 6.42 Å². The minimum Gasteiger partial charge on any atom is -0.469 e. The summed E-state index contributed by atoms with van der Waals surface area (Å²) in [5.41, 5.74) is 0. The summed E-state index contributed by atoms with van der Waals surface area (Å²) < 4.78 is 10.0. The number of methoxy groups -OCH3 is 1. The molecule has 1 atom stereocenters. The first-order valence-electron chi connectivity index (χ1n) is 4.56. The molecule has 16 heavy (non-hydrogen) atoms. The van der Waals surface area contributed by atoms with Gasteiger partial charge in [0.2, 0.25) is 0 Å². The summed E-state index contributed by atoms with van der Waals surface area (Å²) in [6.45, 7) is 1.63. The van der Waals surface area contributed by atoms with E-state index in [1.54, 1.807) is 19.1 Å². The molecule has 1 heterocycles. The third kappa shape index (κ3) is 3.83. The molecule has 1 aromatic rings. The van der Waals surface area contributed by atoms with Gasteiger partial charge in [0.1, 0.15) is 11.0 Å². The second-order valence-corrected chi connectivity index (χ2v) is 4.82. The Labute approximate surface area is 102 Å². The number of rotatable bonds is 4. The van der Waals surface area contributed by atoms with Gasteiger partial charge < -0.3 is 9.47 Å². The van der Waals surface area contributed by atoms with Crippen LogP contribution in [0.3, 0.4) is 0 Å². The van der Waals surface area contributed by atoms with Gasteiger partial charge in [-0.25, -0.2) is 4.79 Å². The van der Waals surface area contributed by atoms with Crippen molar-refractivity contribution >= 4 is 34.9 Å². The first-order valence-corrected chi connectivity index (χ1v) is 5.75. The van der Waals surface area contributed by atoms with Crippen molar-refractivity contribution in [2.45, 2.75) is 19.4 Å². The largest absolute Gasteiger partial charge is 0.469 e. The number of ether oxygens (including phenoxy) is 2. The maximum Gasteiger partial charge on any atom is 0.348 e. The van der Waals surface area contributed by atoms with Crippen molar-refractivity contribution in [3.63, 3.8) is 0 Å². The summed E-state index contributed by atoms with van der Waals surface area (Å²) in [5, 5.41) is 0. The molecule has 0 aliphatic heterocycles. The minimum atomic E-state index is -0.513. The highest BCUT2D eigenvalue weighted by atomic mass is 35.5. The molecule has 0 bridgehead atoms. The minimum absolute atomic E-state index is 0.0430. The van der Waals surface area contributed by atoms with E-state index in [1.807, 2.05) is 0 Å². The predicted molar refractivity (Wildman–Crippen MR) is 60.8 cm³/mol. The van der Waals surface area contributed by atoms with Crippen molar-refractivity contribution in [1.82, 2.24) is 0 Å². The second kappa shape index (κ2) is 5.86. The summed E-state index contributed by atoms with van der Waals surface area (Å²) in [4.78, 5) is 22.8. The number of carbonyl (C=O) groups excluding carboxylic acids is 2. The maximum absolute atomic E-state index is 11.5. The molecule has 0 unspecified atom stereocenters. The molecular weight excluding hydrogens is 252 g/mol. The molecule has 0 fully saturated rings. The number of halogens is 1. The molecule has 6 heteroatoms. The summed E-state index contributed by atoms with van der Waals surface area (Å²) in [5.74, 6) is -0.891. The van der Waals surface area contributed by atoms with Crippen LogP contribution in [0.2, 0.25) is 4.34 Å². The van der Waals surface area contributed by atoms with Crippen molar-refractivity contribution in [2.24, 2.45) is 0 Å². The van der Waals surface area contributed by atoms with Crippen LogP contribution in [0.25, 0.3) is 0 Å². The van der Waals surface area contributed by atoms with E-state index in [0.29, 0.717) is 9.21 Å². The highest BCUT2D eigenvalue weighted by molar-refractivity contribution is 7.17. The molecule has 1 aromatic heterocycles. The Balaban J connectivity index is 2.48. The smallest absolute Gasteiger partial charge is 0.348 e. The first-order chi connectivity index (χ1) is 7.52. The molecule has 0 amide bonds. The zero-order valence-electron chi connectivity index (χ0n) is 8.86. The molecule has 0 saturated carbocycles. The molecule has 0 saturated heterocycles. The lowest BCUT2D eigenvalue weighted by atomic mass is 10.3. The number of carbonyl (C=O) groups is 2. The Morgan fingerprint density at radius 3 is 2.69 bits per heavy atom. The van der Waals surface area contributed by atoms with Gasteiger partial charge in [0.25, 0.3) is 0 Å². The van der Waals surface area contributed by atoms with Crippen LogP contribution in [0.1, 0.15) is 23.0 Å². The Morgan fingerprint density at radius 2 is 2.19 bits per heavy atom. The molecule has 0 aromatic carbocycles. The number of esters is 2. The number of hydrogen-bond acceptors (Lipinski definition) is 5. The Kier molecular flexibility index (Phi) is 4.76. The fraction of sp³-hybridized carbons (Fsp3) is 0.400.